The SMILES string of the molecule is COc1ccc(CCNC(=O)c2ccc(-c3ccc(F)cc3)o2)cc1OC. The van der Waals surface area contributed by atoms with Crippen LogP contribution >= 0.6 is 0 Å². The second-order valence-electron chi connectivity index (χ2n) is 5.87. The molecule has 0 saturated heterocycles. The number of nitrogens with one attached hydrogen (secondary N) is 1. The first kappa shape index (κ1) is 18.5. The molecule has 0 radical (unpaired) electrons. The molecule has 140 valence electrons. The minimum Gasteiger partial charge on any atom is -0.493 e. The normalized spacial score (nSPS) is 10.5. The van der Waals surface area contributed by atoms with E-state index in [2.05, 4.69) is 5.32 Å². The Bertz CT molecular complexity index is 918. The van der Waals surface area contributed by atoms with Crippen molar-refractivity contribution >= 4 is 5.91 Å². The van der Waals surface area contributed by atoms with Gasteiger partial charge in [0.25, 0.3) is 5.91 Å². The summed E-state index contributed by atoms with van der Waals surface area (Å²) in [7, 11) is 3.17. The molecule has 0 spiro atoms. The van der Waals surface area contributed by atoms with Crippen LogP contribution in [0, 0.1) is 5.82 Å². The zero-order valence-corrected chi connectivity index (χ0v) is 15.1. The van der Waals surface area contributed by atoms with Gasteiger partial charge in [-0.15, -0.1) is 0 Å². The van der Waals surface area contributed by atoms with Crippen LogP contribution in [0.1, 0.15) is 16.1 Å². The number of carbonyl (C=O) groups excluding carboxylic acids is 1. The zero-order valence-electron chi connectivity index (χ0n) is 15.1. The summed E-state index contributed by atoms with van der Waals surface area (Å²) >= 11 is 0. The summed E-state index contributed by atoms with van der Waals surface area (Å²) in [4.78, 5) is 12.2. The molecule has 0 fully saturated rings. The third kappa shape index (κ3) is 4.47. The zero-order chi connectivity index (χ0) is 19.2. The molecule has 3 aromatic rings. The number of hydrogen-bond donors (Lipinski definition) is 1. The third-order valence-electron chi connectivity index (χ3n) is 4.11. The van der Waals surface area contributed by atoms with Crippen molar-refractivity contribution in [2.24, 2.45) is 0 Å². The predicted octanol–water partition coefficient (Wildman–Crippen LogP) is 4.08. The van der Waals surface area contributed by atoms with Crippen molar-refractivity contribution in [3.05, 3.63) is 71.7 Å². The lowest BCUT2D eigenvalue weighted by atomic mass is 10.1. The number of furan rings is 1. The van der Waals surface area contributed by atoms with Crippen LogP contribution in [-0.4, -0.2) is 26.7 Å². The maximum atomic E-state index is 13.0. The van der Waals surface area contributed by atoms with Crippen LogP contribution in [0.5, 0.6) is 11.5 Å². The first-order chi connectivity index (χ1) is 13.1. The lowest BCUT2D eigenvalue weighted by Gasteiger charge is -2.09. The van der Waals surface area contributed by atoms with Gasteiger partial charge in [0, 0.05) is 12.1 Å². The fraction of sp³-hybridized carbons (Fsp3) is 0.190. The second kappa shape index (κ2) is 8.40. The van der Waals surface area contributed by atoms with Crippen molar-refractivity contribution in [2.45, 2.75) is 6.42 Å². The number of hydrogen-bond acceptors (Lipinski definition) is 4. The van der Waals surface area contributed by atoms with Gasteiger partial charge < -0.3 is 19.2 Å². The molecule has 6 heteroatoms. The van der Waals surface area contributed by atoms with E-state index >= 15 is 0 Å². The van der Waals surface area contributed by atoms with E-state index in [9.17, 15) is 9.18 Å². The van der Waals surface area contributed by atoms with Gasteiger partial charge in [0.2, 0.25) is 0 Å². The molecule has 2 aromatic carbocycles. The molecule has 0 unspecified atom stereocenters. The van der Waals surface area contributed by atoms with Crippen molar-refractivity contribution in [1.29, 1.82) is 0 Å². The van der Waals surface area contributed by atoms with E-state index in [-0.39, 0.29) is 17.5 Å². The molecule has 1 amide bonds. The Morgan fingerprint density at radius 3 is 2.44 bits per heavy atom. The number of benzene rings is 2. The van der Waals surface area contributed by atoms with Gasteiger partial charge >= 0.3 is 0 Å². The summed E-state index contributed by atoms with van der Waals surface area (Å²) in [5, 5.41) is 2.82. The highest BCUT2D eigenvalue weighted by Crippen LogP contribution is 2.27. The minimum absolute atomic E-state index is 0.210. The quantitative estimate of drug-likeness (QED) is 0.682. The van der Waals surface area contributed by atoms with Gasteiger partial charge in [-0.1, -0.05) is 6.07 Å². The molecule has 1 heterocycles. The summed E-state index contributed by atoms with van der Waals surface area (Å²) in [6, 6.07) is 14.8. The van der Waals surface area contributed by atoms with E-state index in [1.54, 1.807) is 38.5 Å². The molecular formula is C21H20FNO4. The summed E-state index contributed by atoms with van der Waals surface area (Å²) < 4.78 is 29.0. The Labute approximate surface area is 156 Å². The molecule has 0 saturated carbocycles. The van der Waals surface area contributed by atoms with Gasteiger partial charge in [0.05, 0.1) is 14.2 Å². The van der Waals surface area contributed by atoms with Crippen LogP contribution < -0.4 is 14.8 Å². The summed E-state index contributed by atoms with van der Waals surface area (Å²) in [5.41, 5.74) is 1.72. The number of carbonyl (C=O) groups is 1. The summed E-state index contributed by atoms with van der Waals surface area (Å²) in [6.07, 6.45) is 0.637. The van der Waals surface area contributed by atoms with Crippen molar-refractivity contribution in [3.8, 4) is 22.8 Å². The van der Waals surface area contributed by atoms with E-state index in [1.807, 2.05) is 18.2 Å². The Morgan fingerprint density at radius 1 is 1.00 bits per heavy atom. The van der Waals surface area contributed by atoms with Crippen LogP contribution in [0.25, 0.3) is 11.3 Å². The molecule has 27 heavy (non-hydrogen) atoms. The lowest BCUT2D eigenvalue weighted by molar-refractivity contribution is 0.0927. The first-order valence-corrected chi connectivity index (χ1v) is 8.45. The minimum atomic E-state index is -0.321. The van der Waals surface area contributed by atoms with Crippen LogP contribution in [-0.2, 0) is 6.42 Å². The highest BCUT2D eigenvalue weighted by molar-refractivity contribution is 5.92. The number of halogens is 1. The fourth-order valence-corrected chi connectivity index (χ4v) is 2.67. The number of methoxy groups -OCH3 is 2. The van der Waals surface area contributed by atoms with E-state index in [4.69, 9.17) is 13.9 Å². The molecule has 0 aliphatic rings. The summed E-state index contributed by atoms with van der Waals surface area (Å²) in [5.74, 6) is 1.41. The maximum absolute atomic E-state index is 13.0. The molecule has 1 aromatic heterocycles. The second-order valence-corrected chi connectivity index (χ2v) is 5.87. The Morgan fingerprint density at radius 2 is 1.74 bits per heavy atom. The van der Waals surface area contributed by atoms with Gasteiger partial charge in [-0.05, 0) is 60.5 Å². The van der Waals surface area contributed by atoms with Gasteiger partial charge in [0.15, 0.2) is 17.3 Å². The molecule has 0 bridgehead atoms. The van der Waals surface area contributed by atoms with Crippen LogP contribution in [0.3, 0.4) is 0 Å². The fourth-order valence-electron chi connectivity index (χ4n) is 2.67. The molecule has 1 N–H and O–H groups in total. The molecular weight excluding hydrogens is 349 g/mol. The number of rotatable bonds is 7. The Hall–Kier alpha value is -3.28. The smallest absolute Gasteiger partial charge is 0.287 e. The highest BCUT2D eigenvalue weighted by Gasteiger charge is 2.12. The van der Waals surface area contributed by atoms with E-state index in [0.29, 0.717) is 35.8 Å². The van der Waals surface area contributed by atoms with E-state index < -0.39 is 0 Å². The number of amides is 1. The van der Waals surface area contributed by atoms with Crippen molar-refractivity contribution in [3.63, 3.8) is 0 Å². The maximum Gasteiger partial charge on any atom is 0.287 e. The molecule has 0 aliphatic carbocycles. The van der Waals surface area contributed by atoms with Crippen LogP contribution in [0.15, 0.2) is 59.0 Å². The third-order valence-corrected chi connectivity index (χ3v) is 4.11. The van der Waals surface area contributed by atoms with E-state index in [0.717, 1.165) is 5.56 Å². The monoisotopic (exact) mass is 369 g/mol. The van der Waals surface area contributed by atoms with Crippen molar-refractivity contribution in [1.82, 2.24) is 5.32 Å². The van der Waals surface area contributed by atoms with Gasteiger partial charge in [-0.25, -0.2) is 4.39 Å². The molecule has 0 aliphatic heterocycles. The molecule has 0 atom stereocenters. The van der Waals surface area contributed by atoms with Crippen LogP contribution in [0.2, 0.25) is 0 Å². The number of ether oxygens (including phenoxy) is 2. The Balaban J connectivity index is 1.58. The topological polar surface area (TPSA) is 60.7 Å². The van der Waals surface area contributed by atoms with Crippen LogP contribution in [0.4, 0.5) is 4.39 Å². The average molecular weight is 369 g/mol. The molecule has 5 nitrogen and oxygen atoms in total. The van der Waals surface area contributed by atoms with Gasteiger partial charge in [-0.3, -0.25) is 4.79 Å². The van der Waals surface area contributed by atoms with Crippen molar-refractivity contribution < 1.29 is 23.1 Å². The highest BCUT2D eigenvalue weighted by atomic mass is 19.1. The predicted molar refractivity (Wildman–Crippen MR) is 99.7 cm³/mol. The van der Waals surface area contributed by atoms with Crippen molar-refractivity contribution in [2.75, 3.05) is 20.8 Å². The summed E-state index contributed by atoms with van der Waals surface area (Å²) in [6.45, 7) is 0.445. The largest absolute Gasteiger partial charge is 0.493 e. The first-order valence-electron chi connectivity index (χ1n) is 8.45. The lowest BCUT2D eigenvalue weighted by Crippen LogP contribution is -2.25. The van der Waals surface area contributed by atoms with Gasteiger partial charge in [-0.2, -0.15) is 0 Å². The Kier molecular flexibility index (Phi) is 5.76. The molecule has 3 rings (SSSR count). The van der Waals surface area contributed by atoms with Gasteiger partial charge in [0.1, 0.15) is 11.6 Å². The standard InChI is InChI=1S/C21H20FNO4/c1-25-18-8-3-14(13-20(18)26-2)11-12-23-21(24)19-10-9-17(27-19)15-4-6-16(22)7-5-15/h3-10,13H,11-12H2,1-2H3,(H,23,24). The average Bonchev–Trinajstić information content (AvgIpc) is 3.18. The van der Waals surface area contributed by atoms with E-state index in [1.165, 1.54) is 12.1 Å².